The highest BCUT2D eigenvalue weighted by atomic mass is 32.2. The number of nitrogens with one attached hydrogen (secondary N) is 2. The van der Waals surface area contributed by atoms with E-state index in [0.717, 1.165) is 0 Å². The van der Waals surface area contributed by atoms with Gasteiger partial charge in [0.25, 0.3) is 10.0 Å². The molecule has 0 aliphatic heterocycles. The maximum Gasteiger partial charge on any atom is 0.262 e. The maximum atomic E-state index is 12.6. The zero-order valence-electron chi connectivity index (χ0n) is 14.2. The Kier molecular flexibility index (Phi) is 5.87. The summed E-state index contributed by atoms with van der Waals surface area (Å²) in [5.74, 6) is 0.724. The summed E-state index contributed by atoms with van der Waals surface area (Å²) in [5, 5.41) is 2.66. The van der Waals surface area contributed by atoms with E-state index in [4.69, 9.17) is 9.47 Å². The Morgan fingerprint density at radius 2 is 1.72 bits per heavy atom. The Morgan fingerprint density at radius 3 is 2.28 bits per heavy atom. The van der Waals surface area contributed by atoms with E-state index in [-0.39, 0.29) is 16.5 Å². The standard InChI is InChI=1S/C17H20N2O5S/c1-4-17(20)18-12-5-8-14(9-6-12)25(21,22)19-15-11-13(23-2)7-10-16(15)24-3/h5-11,19H,4H2,1-3H3,(H,18,20). The molecule has 0 saturated carbocycles. The number of ether oxygens (including phenoxy) is 2. The van der Waals surface area contributed by atoms with E-state index in [9.17, 15) is 13.2 Å². The lowest BCUT2D eigenvalue weighted by atomic mass is 10.3. The van der Waals surface area contributed by atoms with Gasteiger partial charge in [0.2, 0.25) is 5.91 Å². The second-order valence-corrected chi connectivity index (χ2v) is 6.78. The average Bonchev–Trinajstić information content (AvgIpc) is 2.61. The van der Waals surface area contributed by atoms with Crippen LogP contribution in [0.15, 0.2) is 47.4 Å². The van der Waals surface area contributed by atoms with E-state index in [1.807, 2.05) is 0 Å². The van der Waals surface area contributed by atoms with Gasteiger partial charge in [-0.3, -0.25) is 9.52 Å². The fourth-order valence-electron chi connectivity index (χ4n) is 2.06. The van der Waals surface area contributed by atoms with Crippen molar-refractivity contribution in [1.29, 1.82) is 0 Å². The van der Waals surface area contributed by atoms with Gasteiger partial charge < -0.3 is 14.8 Å². The SMILES string of the molecule is CCC(=O)Nc1ccc(S(=O)(=O)Nc2cc(OC)ccc2OC)cc1. The number of hydrogen-bond donors (Lipinski definition) is 2. The Hall–Kier alpha value is -2.74. The fourth-order valence-corrected chi connectivity index (χ4v) is 3.13. The van der Waals surface area contributed by atoms with Crippen molar-refractivity contribution in [2.24, 2.45) is 0 Å². The highest BCUT2D eigenvalue weighted by Crippen LogP contribution is 2.31. The second-order valence-electron chi connectivity index (χ2n) is 5.10. The largest absolute Gasteiger partial charge is 0.497 e. The number of benzene rings is 2. The van der Waals surface area contributed by atoms with Gasteiger partial charge in [0, 0.05) is 18.2 Å². The Morgan fingerprint density at radius 1 is 1.04 bits per heavy atom. The molecule has 0 atom stereocenters. The van der Waals surface area contributed by atoms with Crippen molar-refractivity contribution >= 4 is 27.3 Å². The van der Waals surface area contributed by atoms with Crippen LogP contribution in [0.25, 0.3) is 0 Å². The molecule has 0 fully saturated rings. The number of amides is 1. The number of hydrogen-bond acceptors (Lipinski definition) is 5. The third kappa shape index (κ3) is 4.63. The van der Waals surface area contributed by atoms with Crippen LogP contribution in [0.3, 0.4) is 0 Å². The van der Waals surface area contributed by atoms with Gasteiger partial charge >= 0.3 is 0 Å². The second kappa shape index (κ2) is 7.89. The molecule has 134 valence electrons. The molecular weight excluding hydrogens is 344 g/mol. The Labute approximate surface area is 147 Å². The van der Waals surface area contributed by atoms with Crippen molar-refractivity contribution < 1.29 is 22.7 Å². The lowest BCUT2D eigenvalue weighted by molar-refractivity contribution is -0.115. The average molecular weight is 364 g/mol. The first-order chi connectivity index (χ1) is 11.9. The summed E-state index contributed by atoms with van der Waals surface area (Å²) >= 11 is 0. The number of carbonyl (C=O) groups is 1. The van der Waals surface area contributed by atoms with Gasteiger partial charge in [-0.15, -0.1) is 0 Å². The molecule has 0 spiro atoms. The molecule has 8 heteroatoms. The minimum absolute atomic E-state index is 0.0619. The molecule has 2 rings (SSSR count). The van der Waals surface area contributed by atoms with Crippen LogP contribution in [0.5, 0.6) is 11.5 Å². The van der Waals surface area contributed by atoms with Gasteiger partial charge in [-0.2, -0.15) is 0 Å². The first kappa shape index (κ1) is 18.6. The molecule has 0 heterocycles. The molecule has 7 nitrogen and oxygen atoms in total. The number of carbonyl (C=O) groups excluding carboxylic acids is 1. The minimum atomic E-state index is -3.82. The molecule has 2 aromatic rings. The zero-order chi connectivity index (χ0) is 18.4. The number of sulfonamides is 1. The maximum absolute atomic E-state index is 12.6. The summed E-state index contributed by atoms with van der Waals surface area (Å²) in [5.41, 5.74) is 0.801. The van der Waals surface area contributed by atoms with Crippen LogP contribution in [0.1, 0.15) is 13.3 Å². The van der Waals surface area contributed by atoms with E-state index in [2.05, 4.69) is 10.0 Å². The van der Waals surface area contributed by atoms with Crippen LogP contribution >= 0.6 is 0 Å². The molecule has 0 saturated heterocycles. The van der Waals surface area contributed by atoms with Crippen LogP contribution in [-0.4, -0.2) is 28.5 Å². The Bertz CT molecular complexity index is 848. The van der Waals surface area contributed by atoms with Gasteiger partial charge in [0.15, 0.2) is 0 Å². The molecule has 0 bridgehead atoms. The Balaban J connectivity index is 2.26. The summed E-state index contributed by atoms with van der Waals surface area (Å²) < 4.78 is 37.9. The van der Waals surface area contributed by atoms with E-state index < -0.39 is 10.0 Å². The fraction of sp³-hybridized carbons (Fsp3) is 0.235. The van der Waals surface area contributed by atoms with Crippen molar-refractivity contribution in [2.75, 3.05) is 24.3 Å². The summed E-state index contributed by atoms with van der Waals surface area (Å²) in [7, 11) is -0.881. The molecule has 0 aromatic heterocycles. The first-order valence-corrected chi connectivity index (χ1v) is 9.02. The summed E-state index contributed by atoms with van der Waals surface area (Å²) in [6.45, 7) is 1.74. The molecule has 2 aromatic carbocycles. The van der Waals surface area contributed by atoms with E-state index in [0.29, 0.717) is 23.6 Å². The normalized spacial score (nSPS) is 10.8. The number of rotatable bonds is 7. The van der Waals surface area contributed by atoms with Crippen molar-refractivity contribution in [3.63, 3.8) is 0 Å². The topological polar surface area (TPSA) is 93.7 Å². The van der Waals surface area contributed by atoms with Crippen LogP contribution in [0.4, 0.5) is 11.4 Å². The molecule has 0 aliphatic carbocycles. The van der Waals surface area contributed by atoms with Crippen LogP contribution < -0.4 is 19.5 Å². The summed E-state index contributed by atoms with van der Waals surface area (Å²) in [4.78, 5) is 11.4. The monoisotopic (exact) mass is 364 g/mol. The van der Waals surface area contributed by atoms with Crippen LogP contribution in [0, 0.1) is 0 Å². The van der Waals surface area contributed by atoms with E-state index in [1.165, 1.54) is 44.6 Å². The molecule has 0 unspecified atom stereocenters. The molecule has 0 radical (unpaired) electrons. The number of anilines is 2. The third-order valence-electron chi connectivity index (χ3n) is 3.42. The van der Waals surface area contributed by atoms with Crippen molar-refractivity contribution in [1.82, 2.24) is 0 Å². The predicted octanol–water partition coefficient (Wildman–Crippen LogP) is 2.85. The van der Waals surface area contributed by atoms with Crippen molar-refractivity contribution in [3.8, 4) is 11.5 Å². The summed E-state index contributed by atoms with van der Waals surface area (Å²) in [6, 6.07) is 10.7. The van der Waals surface area contributed by atoms with Crippen LogP contribution in [0.2, 0.25) is 0 Å². The predicted molar refractivity (Wildman–Crippen MR) is 95.7 cm³/mol. The van der Waals surface area contributed by atoms with E-state index >= 15 is 0 Å². The summed E-state index contributed by atoms with van der Waals surface area (Å²) in [6.07, 6.45) is 0.344. The quantitative estimate of drug-likeness (QED) is 0.788. The first-order valence-electron chi connectivity index (χ1n) is 7.54. The number of methoxy groups -OCH3 is 2. The lowest BCUT2D eigenvalue weighted by Gasteiger charge is -2.13. The van der Waals surface area contributed by atoms with Gasteiger partial charge in [-0.25, -0.2) is 8.42 Å². The van der Waals surface area contributed by atoms with Gasteiger partial charge in [0.05, 0.1) is 24.8 Å². The smallest absolute Gasteiger partial charge is 0.262 e. The van der Waals surface area contributed by atoms with Gasteiger partial charge in [-0.05, 0) is 36.4 Å². The van der Waals surface area contributed by atoms with E-state index in [1.54, 1.807) is 19.1 Å². The van der Waals surface area contributed by atoms with Gasteiger partial charge in [0.1, 0.15) is 11.5 Å². The van der Waals surface area contributed by atoms with Crippen molar-refractivity contribution in [3.05, 3.63) is 42.5 Å². The zero-order valence-corrected chi connectivity index (χ0v) is 15.0. The molecule has 0 aliphatic rings. The highest BCUT2D eigenvalue weighted by molar-refractivity contribution is 7.92. The molecule has 1 amide bonds. The highest BCUT2D eigenvalue weighted by Gasteiger charge is 2.17. The molecular formula is C17H20N2O5S. The van der Waals surface area contributed by atoms with Crippen molar-refractivity contribution in [2.45, 2.75) is 18.2 Å². The molecule has 25 heavy (non-hydrogen) atoms. The third-order valence-corrected chi connectivity index (χ3v) is 4.80. The minimum Gasteiger partial charge on any atom is -0.497 e. The van der Waals surface area contributed by atoms with Gasteiger partial charge in [-0.1, -0.05) is 6.92 Å². The van der Waals surface area contributed by atoms with Crippen LogP contribution in [-0.2, 0) is 14.8 Å². The lowest BCUT2D eigenvalue weighted by Crippen LogP contribution is -2.14. The molecule has 2 N–H and O–H groups in total.